The third-order valence-corrected chi connectivity index (χ3v) is 5.49. The molecule has 1 aromatic rings. The van der Waals surface area contributed by atoms with Gasteiger partial charge in [0.2, 0.25) is 0 Å². The fourth-order valence-electron chi connectivity index (χ4n) is 4.02. The molecule has 0 spiro atoms. The SMILES string of the molecule is CCCN1CC[C@H](CNC(=O)NC[C@H]2CCN(c3ccc(F)cc3)C2)C1. The summed E-state index contributed by atoms with van der Waals surface area (Å²) < 4.78 is 13.0. The van der Waals surface area contributed by atoms with Crippen molar-refractivity contribution < 1.29 is 9.18 Å². The van der Waals surface area contributed by atoms with Gasteiger partial charge in [0.05, 0.1) is 0 Å². The van der Waals surface area contributed by atoms with Crippen molar-refractivity contribution in [2.24, 2.45) is 11.8 Å². The summed E-state index contributed by atoms with van der Waals surface area (Å²) in [5.74, 6) is 0.813. The van der Waals surface area contributed by atoms with E-state index in [0.29, 0.717) is 18.4 Å². The Hall–Kier alpha value is -1.82. The third-order valence-electron chi connectivity index (χ3n) is 5.49. The van der Waals surface area contributed by atoms with Crippen molar-refractivity contribution in [3.05, 3.63) is 30.1 Å². The molecule has 144 valence electrons. The molecule has 0 radical (unpaired) electrons. The van der Waals surface area contributed by atoms with Crippen LogP contribution in [0.25, 0.3) is 0 Å². The molecule has 2 heterocycles. The summed E-state index contributed by atoms with van der Waals surface area (Å²) in [6.45, 7) is 8.94. The van der Waals surface area contributed by atoms with E-state index < -0.39 is 0 Å². The van der Waals surface area contributed by atoms with Crippen molar-refractivity contribution in [2.45, 2.75) is 26.2 Å². The summed E-state index contributed by atoms with van der Waals surface area (Å²) in [5, 5.41) is 6.04. The highest BCUT2D eigenvalue weighted by molar-refractivity contribution is 5.73. The second-order valence-electron chi connectivity index (χ2n) is 7.62. The van der Waals surface area contributed by atoms with E-state index in [9.17, 15) is 9.18 Å². The first kappa shape index (κ1) is 19.0. The molecular formula is C20H31FN4O. The Bertz CT molecular complexity index is 580. The molecule has 0 unspecified atom stereocenters. The van der Waals surface area contributed by atoms with Gasteiger partial charge >= 0.3 is 6.03 Å². The van der Waals surface area contributed by atoms with Gasteiger partial charge in [-0.15, -0.1) is 0 Å². The fraction of sp³-hybridized carbons (Fsp3) is 0.650. The molecule has 0 saturated carbocycles. The van der Waals surface area contributed by atoms with Crippen molar-refractivity contribution in [3.63, 3.8) is 0 Å². The lowest BCUT2D eigenvalue weighted by molar-refractivity contribution is 0.237. The van der Waals surface area contributed by atoms with Gasteiger partial charge in [0.25, 0.3) is 0 Å². The number of carbonyl (C=O) groups excluding carboxylic acids is 1. The lowest BCUT2D eigenvalue weighted by atomic mass is 10.1. The average Bonchev–Trinajstić information content (AvgIpc) is 3.29. The normalized spacial score (nSPS) is 23.4. The topological polar surface area (TPSA) is 47.6 Å². The first-order valence-corrected chi connectivity index (χ1v) is 9.88. The Labute approximate surface area is 155 Å². The number of anilines is 1. The van der Waals surface area contributed by atoms with E-state index in [1.165, 1.54) is 25.0 Å². The zero-order valence-corrected chi connectivity index (χ0v) is 15.7. The second kappa shape index (κ2) is 9.21. The van der Waals surface area contributed by atoms with Crippen LogP contribution >= 0.6 is 0 Å². The predicted molar refractivity (Wildman–Crippen MR) is 103 cm³/mol. The van der Waals surface area contributed by atoms with Gasteiger partial charge in [-0.3, -0.25) is 0 Å². The van der Waals surface area contributed by atoms with Crippen LogP contribution in [0.15, 0.2) is 24.3 Å². The third kappa shape index (κ3) is 5.34. The van der Waals surface area contributed by atoms with Crippen molar-refractivity contribution in [3.8, 4) is 0 Å². The molecule has 5 nitrogen and oxygen atoms in total. The Morgan fingerprint density at radius 2 is 1.73 bits per heavy atom. The quantitative estimate of drug-likeness (QED) is 0.784. The highest BCUT2D eigenvalue weighted by atomic mass is 19.1. The maximum atomic E-state index is 13.0. The Balaban J connectivity index is 1.32. The Morgan fingerprint density at radius 1 is 1.08 bits per heavy atom. The van der Waals surface area contributed by atoms with E-state index >= 15 is 0 Å². The molecule has 26 heavy (non-hydrogen) atoms. The standard InChI is InChI=1S/C20H31FN4O/c1-2-9-24-10-7-16(14-24)12-22-20(26)23-13-17-8-11-25(15-17)19-5-3-18(21)4-6-19/h3-6,16-17H,2,7-15H2,1H3,(H2,22,23,26)/t16-,17-/m1/s1. The van der Waals surface area contributed by atoms with Crippen LogP contribution in [-0.4, -0.2) is 56.7 Å². The van der Waals surface area contributed by atoms with Crippen LogP contribution in [0.2, 0.25) is 0 Å². The van der Waals surface area contributed by atoms with Crippen LogP contribution in [0.4, 0.5) is 14.9 Å². The first-order chi connectivity index (χ1) is 12.6. The molecule has 2 aliphatic heterocycles. The van der Waals surface area contributed by atoms with Gasteiger partial charge in [0.15, 0.2) is 0 Å². The zero-order valence-electron chi connectivity index (χ0n) is 15.7. The zero-order chi connectivity index (χ0) is 18.4. The molecule has 2 amide bonds. The van der Waals surface area contributed by atoms with E-state index in [0.717, 1.165) is 51.4 Å². The fourth-order valence-corrected chi connectivity index (χ4v) is 4.02. The number of amides is 2. The summed E-state index contributed by atoms with van der Waals surface area (Å²) in [6, 6.07) is 6.58. The number of hydrogen-bond acceptors (Lipinski definition) is 3. The molecular weight excluding hydrogens is 331 g/mol. The summed E-state index contributed by atoms with van der Waals surface area (Å²) >= 11 is 0. The Kier molecular flexibility index (Phi) is 6.72. The second-order valence-corrected chi connectivity index (χ2v) is 7.62. The van der Waals surface area contributed by atoms with Gasteiger partial charge in [-0.2, -0.15) is 0 Å². The van der Waals surface area contributed by atoms with Crippen molar-refractivity contribution in [1.29, 1.82) is 0 Å². The minimum Gasteiger partial charge on any atom is -0.371 e. The number of carbonyl (C=O) groups is 1. The number of likely N-dealkylation sites (tertiary alicyclic amines) is 1. The summed E-state index contributed by atoms with van der Waals surface area (Å²) in [5.41, 5.74) is 1.05. The van der Waals surface area contributed by atoms with Gasteiger partial charge in [0, 0.05) is 38.4 Å². The number of rotatable bonds is 7. The van der Waals surface area contributed by atoms with Crippen molar-refractivity contribution in [1.82, 2.24) is 15.5 Å². The molecule has 1 aromatic carbocycles. The van der Waals surface area contributed by atoms with Crippen LogP contribution in [-0.2, 0) is 0 Å². The van der Waals surface area contributed by atoms with Crippen LogP contribution in [0.1, 0.15) is 26.2 Å². The van der Waals surface area contributed by atoms with Crippen LogP contribution in [0.3, 0.4) is 0 Å². The molecule has 3 rings (SSSR count). The first-order valence-electron chi connectivity index (χ1n) is 9.88. The molecule has 2 N–H and O–H groups in total. The monoisotopic (exact) mass is 362 g/mol. The minimum atomic E-state index is -0.206. The maximum absolute atomic E-state index is 13.0. The highest BCUT2D eigenvalue weighted by Gasteiger charge is 2.24. The predicted octanol–water partition coefficient (Wildman–Crippen LogP) is 2.68. The number of urea groups is 1. The smallest absolute Gasteiger partial charge is 0.314 e. The lowest BCUT2D eigenvalue weighted by Crippen LogP contribution is -2.41. The van der Waals surface area contributed by atoms with E-state index in [2.05, 4.69) is 27.4 Å². The van der Waals surface area contributed by atoms with E-state index in [4.69, 9.17) is 0 Å². The molecule has 2 fully saturated rings. The van der Waals surface area contributed by atoms with Crippen molar-refractivity contribution >= 4 is 11.7 Å². The number of nitrogens with zero attached hydrogens (tertiary/aromatic N) is 2. The molecule has 0 aliphatic carbocycles. The molecule has 2 atom stereocenters. The van der Waals surface area contributed by atoms with Crippen molar-refractivity contribution in [2.75, 3.05) is 50.7 Å². The summed E-state index contributed by atoms with van der Waals surface area (Å²) in [6.07, 6.45) is 3.42. The summed E-state index contributed by atoms with van der Waals surface area (Å²) in [4.78, 5) is 16.8. The molecule has 6 heteroatoms. The average molecular weight is 362 g/mol. The van der Waals surface area contributed by atoms with E-state index in [1.54, 1.807) is 0 Å². The van der Waals surface area contributed by atoms with Gasteiger partial charge in [-0.1, -0.05) is 6.92 Å². The number of nitrogens with one attached hydrogen (secondary N) is 2. The molecule has 0 bridgehead atoms. The highest BCUT2D eigenvalue weighted by Crippen LogP contribution is 2.23. The number of hydrogen-bond donors (Lipinski definition) is 2. The van der Waals surface area contributed by atoms with Crippen LogP contribution < -0.4 is 15.5 Å². The van der Waals surface area contributed by atoms with Crippen LogP contribution in [0, 0.1) is 17.7 Å². The van der Waals surface area contributed by atoms with Gasteiger partial charge in [-0.05, 0) is 68.5 Å². The Morgan fingerprint density at radius 3 is 2.42 bits per heavy atom. The van der Waals surface area contributed by atoms with Gasteiger partial charge in [-0.25, -0.2) is 9.18 Å². The molecule has 0 aromatic heterocycles. The largest absolute Gasteiger partial charge is 0.371 e. The van der Waals surface area contributed by atoms with E-state index in [1.807, 2.05) is 12.1 Å². The van der Waals surface area contributed by atoms with Gasteiger partial charge < -0.3 is 20.4 Å². The molecule has 2 saturated heterocycles. The van der Waals surface area contributed by atoms with Gasteiger partial charge in [0.1, 0.15) is 5.82 Å². The minimum absolute atomic E-state index is 0.0563. The van der Waals surface area contributed by atoms with E-state index in [-0.39, 0.29) is 11.8 Å². The molecule has 2 aliphatic rings. The lowest BCUT2D eigenvalue weighted by Gasteiger charge is -2.19. The van der Waals surface area contributed by atoms with Crippen LogP contribution in [0.5, 0.6) is 0 Å². The number of benzene rings is 1. The number of halogens is 1. The summed E-state index contributed by atoms with van der Waals surface area (Å²) in [7, 11) is 0. The maximum Gasteiger partial charge on any atom is 0.314 e.